The lowest BCUT2D eigenvalue weighted by atomic mass is 10.0. The Morgan fingerprint density at radius 1 is 1.04 bits per heavy atom. The maximum atomic E-state index is 11.5. The molecule has 3 rings (SSSR count). The van der Waals surface area contributed by atoms with Gasteiger partial charge >= 0.3 is 0 Å². The van der Waals surface area contributed by atoms with E-state index in [1.54, 1.807) is 31.2 Å². The van der Waals surface area contributed by atoms with Gasteiger partial charge in [0.25, 0.3) is 0 Å². The summed E-state index contributed by atoms with van der Waals surface area (Å²) in [5, 5.41) is 3.75. The first-order chi connectivity index (χ1) is 11.8. The Hall–Kier alpha value is -2.51. The van der Waals surface area contributed by atoms with Crippen LogP contribution in [0.2, 0.25) is 0 Å². The van der Waals surface area contributed by atoms with Crippen LogP contribution in [0.1, 0.15) is 23.3 Å². The van der Waals surface area contributed by atoms with Crippen molar-refractivity contribution >= 4 is 9.84 Å². The van der Waals surface area contributed by atoms with E-state index < -0.39 is 9.84 Å². The zero-order chi connectivity index (χ0) is 18.0. The van der Waals surface area contributed by atoms with E-state index >= 15 is 0 Å². The molecule has 130 valence electrons. The second kappa shape index (κ2) is 6.78. The Balaban J connectivity index is 1.74. The van der Waals surface area contributed by atoms with E-state index in [2.05, 4.69) is 10.1 Å². The minimum absolute atomic E-state index is 0.314. The molecule has 2 N–H and O–H groups in total. The average Bonchev–Trinajstić information content (AvgIpc) is 3.02. The van der Waals surface area contributed by atoms with Crippen LogP contribution in [0.5, 0.6) is 0 Å². The Labute approximate surface area is 146 Å². The molecule has 0 unspecified atom stereocenters. The maximum absolute atomic E-state index is 11.5. The molecule has 0 saturated heterocycles. The van der Waals surface area contributed by atoms with Gasteiger partial charge in [-0.15, -0.1) is 0 Å². The Morgan fingerprint density at radius 3 is 2.08 bits per heavy atom. The summed E-state index contributed by atoms with van der Waals surface area (Å²) in [5.41, 5.74) is 9.11. The molecular weight excluding hydrogens is 338 g/mol. The molecule has 1 heterocycles. The van der Waals surface area contributed by atoms with Crippen LogP contribution < -0.4 is 5.73 Å². The molecule has 25 heavy (non-hydrogen) atoms. The number of hydrogen-bond acceptors (Lipinski definition) is 6. The van der Waals surface area contributed by atoms with Gasteiger partial charge in [-0.1, -0.05) is 41.6 Å². The number of nitrogens with two attached hydrogens (primary N) is 1. The van der Waals surface area contributed by atoms with Crippen LogP contribution in [0.25, 0.3) is 11.1 Å². The van der Waals surface area contributed by atoms with Gasteiger partial charge in [0.1, 0.15) is 0 Å². The predicted octanol–water partition coefficient (Wildman–Crippen LogP) is 2.69. The van der Waals surface area contributed by atoms with Gasteiger partial charge < -0.3 is 10.3 Å². The van der Waals surface area contributed by atoms with Crippen LogP contribution >= 0.6 is 0 Å². The lowest BCUT2D eigenvalue weighted by Gasteiger charge is -2.08. The second-order valence-corrected chi connectivity index (χ2v) is 8.00. The van der Waals surface area contributed by atoms with Crippen LogP contribution in [0.15, 0.2) is 57.9 Å². The van der Waals surface area contributed by atoms with E-state index in [-0.39, 0.29) is 6.04 Å². The standard InChI is InChI=1S/C18H19N3O3S/c1-12-20-18(24-21-12)17(19)11-13-3-5-14(6-4-13)15-7-9-16(10-8-15)25(2,22)23/h3-10,17H,11,19H2,1-2H3/t17-/m1/s1. The summed E-state index contributed by atoms with van der Waals surface area (Å²) in [6.45, 7) is 1.75. The number of sulfone groups is 1. The smallest absolute Gasteiger partial charge is 0.243 e. The molecule has 0 aliphatic rings. The van der Waals surface area contributed by atoms with Crippen molar-refractivity contribution in [2.24, 2.45) is 5.73 Å². The molecular formula is C18H19N3O3S. The van der Waals surface area contributed by atoms with Crippen LogP contribution in [-0.2, 0) is 16.3 Å². The third kappa shape index (κ3) is 4.12. The van der Waals surface area contributed by atoms with E-state index in [0.717, 1.165) is 16.7 Å². The molecule has 0 bridgehead atoms. The molecule has 3 aromatic rings. The Kier molecular flexibility index (Phi) is 4.69. The molecule has 0 saturated carbocycles. The van der Waals surface area contributed by atoms with Crippen LogP contribution in [0.4, 0.5) is 0 Å². The molecule has 0 spiro atoms. The van der Waals surface area contributed by atoms with Crippen molar-refractivity contribution in [2.75, 3.05) is 6.26 Å². The first-order valence-electron chi connectivity index (χ1n) is 7.78. The maximum Gasteiger partial charge on any atom is 0.243 e. The summed E-state index contributed by atoms with van der Waals surface area (Å²) in [4.78, 5) is 4.46. The number of aromatic nitrogens is 2. The van der Waals surface area contributed by atoms with Crippen LogP contribution in [0.3, 0.4) is 0 Å². The van der Waals surface area contributed by atoms with Crippen molar-refractivity contribution in [3.8, 4) is 11.1 Å². The summed E-state index contributed by atoms with van der Waals surface area (Å²) in [5.74, 6) is 0.997. The molecule has 0 radical (unpaired) electrons. The first-order valence-corrected chi connectivity index (χ1v) is 9.67. The fourth-order valence-electron chi connectivity index (χ4n) is 2.53. The number of hydrogen-bond donors (Lipinski definition) is 1. The third-order valence-corrected chi connectivity index (χ3v) is 5.01. The first kappa shape index (κ1) is 17.3. The summed E-state index contributed by atoms with van der Waals surface area (Å²) in [6, 6.07) is 14.4. The minimum atomic E-state index is -3.18. The normalized spacial score (nSPS) is 12.9. The van der Waals surface area contributed by atoms with Gasteiger partial charge in [0.2, 0.25) is 5.89 Å². The molecule has 0 aliphatic carbocycles. The Bertz CT molecular complexity index is 962. The van der Waals surface area contributed by atoms with Gasteiger partial charge in [-0.25, -0.2) is 8.42 Å². The van der Waals surface area contributed by atoms with E-state index in [1.807, 2.05) is 24.3 Å². The summed E-state index contributed by atoms with van der Waals surface area (Å²) in [7, 11) is -3.18. The summed E-state index contributed by atoms with van der Waals surface area (Å²) in [6.07, 6.45) is 1.79. The minimum Gasteiger partial charge on any atom is -0.338 e. The largest absolute Gasteiger partial charge is 0.338 e. The van der Waals surface area contributed by atoms with Gasteiger partial charge in [-0.2, -0.15) is 4.98 Å². The molecule has 6 nitrogen and oxygen atoms in total. The van der Waals surface area contributed by atoms with E-state index in [1.165, 1.54) is 6.26 Å². The molecule has 0 fully saturated rings. The van der Waals surface area contributed by atoms with Gasteiger partial charge in [-0.3, -0.25) is 0 Å². The number of aryl methyl sites for hydroxylation is 1. The van der Waals surface area contributed by atoms with Crippen molar-refractivity contribution < 1.29 is 12.9 Å². The van der Waals surface area contributed by atoms with E-state index in [0.29, 0.717) is 23.0 Å². The van der Waals surface area contributed by atoms with E-state index in [4.69, 9.17) is 10.3 Å². The average molecular weight is 357 g/mol. The third-order valence-electron chi connectivity index (χ3n) is 3.89. The monoisotopic (exact) mass is 357 g/mol. The fourth-order valence-corrected chi connectivity index (χ4v) is 3.16. The lowest BCUT2D eigenvalue weighted by Crippen LogP contribution is -2.13. The highest BCUT2D eigenvalue weighted by Crippen LogP contribution is 2.23. The molecule has 0 aliphatic heterocycles. The highest BCUT2D eigenvalue weighted by atomic mass is 32.2. The van der Waals surface area contributed by atoms with Crippen molar-refractivity contribution in [2.45, 2.75) is 24.3 Å². The zero-order valence-electron chi connectivity index (χ0n) is 14.0. The van der Waals surface area contributed by atoms with Crippen molar-refractivity contribution in [3.05, 3.63) is 65.8 Å². The van der Waals surface area contributed by atoms with Gasteiger partial charge in [0.05, 0.1) is 10.9 Å². The van der Waals surface area contributed by atoms with E-state index in [9.17, 15) is 8.42 Å². The molecule has 7 heteroatoms. The summed E-state index contributed by atoms with van der Waals surface area (Å²) >= 11 is 0. The van der Waals surface area contributed by atoms with Crippen molar-refractivity contribution in [1.82, 2.24) is 10.1 Å². The molecule has 2 aromatic carbocycles. The number of rotatable bonds is 5. The van der Waals surface area contributed by atoms with Crippen LogP contribution in [-0.4, -0.2) is 24.8 Å². The highest BCUT2D eigenvalue weighted by Gasteiger charge is 2.14. The second-order valence-electron chi connectivity index (χ2n) is 5.98. The van der Waals surface area contributed by atoms with Gasteiger partial charge in [-0.05, 0) is 42.2 Å². The van der Waals surface area contributed by atoms with Crippen molar-refractivity contribution in [1.29, 1.82) is 0 Å². The highest BCUT2D eigenvalue weighted by molar-refractivity contribution is 7.90. The molecule has 0 amide bonds. The number of nitrogens with zero attached hydrogens (tertiary/aromatic N) is 2. The van der Waals surface area contributed by atoms with Gasteiger partial charge in [0.15, 0.2) is 15.7 Å². The Morgan fingerprint density at radius 2 is 1.60 bits per heavy atom. The zero-order valence-corrected chi connectivity index (χ0v) is 14.8. The quantitative estimate of drug-likeness (QED) is 0.754. The topological polar surface area (TPSA) is 99.1 Å². The van der Waals surface area contributed by atoms with Gasteiger partial charge in [0, 0.05) is 6.26 Å². The molecule has 1 atom stereocenters. The fraction of sp³-hybridized carbons (Fsp3) is 0.222. The predicted molar refractivity (Wildman–Crippen MR) is 94.7 cm³/mol. The lowest BCUT2D eigenvalue weighted by molar-refractivity contribution is 0.351. The summed E-state index contributed by atoms with van der Waals surface area (Å²) < 4.78 is 28.1. The number of benzene rings is 2. The SMILES string of the molecule is Cc1noc([C@H](N)Cc2ccc(-c3ccc(S(C)(=O)=O)cc3)cc2)n1. The molecule has 1 aromatic heterocycles. The van der Waals surface area contributed by atoms with Crippen LogP contribution in [0, 0.1) is 6.92 Å². The van der Waals surface area contributed by atoms with Crippen molar-refractivity contribution in [3.63, 3.8) is 0 Å².